The van der Waals surface area contributed by atoms with Crippen molar-refractivity contribution in [3.8, 4) is 0 Å². The lowest BCUT2D eigenvalue weighted by molar-refractivity contribution is 0.108. The van der Waals surface area contributed by atoms with E-state index >= 15 is 0 Å². The van der Waals surface area contributed by atoms with Crippen LogP contribution in [-0.4, -0.2) is 30.5 Å². The van der Waals surface area contributed by atoms with Crippen LogP contribution in [-0.2, 0) is 4.74 Å². The molecule has 0 saturated carbocycles. The molecule has 1 saturated heterocycles. The molecule has 0 aromatic carbocycles. The first-order valence-electron chi connectivity index (χ1n) is 3.37. The van der Waals surface area contributed by atoms with Crippen molar-refractivity contribution >= 4 is 6.09 Å². The third-order valence-corrected chi connectivity index (χ3v) is 1.50. The summed E-state index contributed by atoms with van der Waals surface area (Å²) in [5.41, 5.74) is 0. The second kappa shape index (κ2) is 3.41. The summed E-state index contributed by atoms with van der Waals surface area (Å²) < 4.78 is 5.18. The van der Waals surface area contributed by atoms with Gasteiger partial charge in [0, 0.05) is 13.2 Å². The molecule has 1 rings (SSSR count). The Morgan fingerprint density at radius 1 is 1.80 bits per heavy atom. The lowest BCUT2D eigenvalue weighted by Gasteiger charge is -2.07. The van der Waals surface area contributed by atoms with E-state index in [4.69, 9.17) is 9.84 Å². The van der Waals surface area contributed by atoms with E-state index in [-0.39, 0.29) is 6.10 Å². The van der Waals surface area contributed by atoms with Crippen LogP contribution in [0.15, 0.2) is 0 Å². The average molecular weight is 145 g/mol. The summed E-state index contributed by atoms with van der Waals surface area (Å²) in [7, 11) is 0. The first-order valence-corrected chi connectivity index (χ1v) is 3.37. The number of carboxylic acid groups (broad SMARTS) is 1. The van der Waals surface area contributed by atoms with Crippen LogP contribution in [0.5, 0.6) is 0 Å². The van der Waals surface area contributed by atoms with E-state index in [9.17, 15) is 4.79 Å². The fraction of sp³-hybridized carbons (Fsp3) is 0.833. The van der Waals surface area contributed by atoms with Gasteiger partial charge in [-0.2, -0.15) is 0 Å². The summed E-state index contributed by atoms with van der Waals surface area (Å²) in [5, 5.41) is 10.5. The van der Waals surface area contributed by atoms with Gasteiger partial charge in [-0.25, -0.2) is 4.79 Å². The number of nitrogens with one attached hydrogen (secondary N) is 1. The van der Waals surface area contributed by atoms with Crippen molar-refractivity contribution in [2.24, 2.45) is 0 Å². The largest absolute Gasteiger partial charge is 0.465 e. The maximum absolute atomic E-state index is 9.99. The normalized spacial score (nSPS) is 24.6. The first kappa shape index (κ1) is 7.34. The van der Waals surface area contributed by atoms with Gasteiger partial charge < -0.3 is 15.2 Å². The molecule has 0 unspecified atom stereocenters. The van der Waals surface area contributed by atoms with Crippen molar-refractivity contribution in [2.75, 3.05) is 13.2 Å². The second-order valence-corrected chi connectivity index (χ2v) is 2.32. The van der Waals surface area contributed by atoms with E-state index in [2.05, 4.69) is 5.32 Å². The molecule has 2 N–H and O–H groups in total. The van der Waals surface area contributed by atoms with Crippen LogP contribution in [0.25, 0.3) is 0 Å². The Kier molecular flexibility index (Phi) is 2.50. The zero-order valence-corrected chi connectivity index (χ0v) is 5.67. The minimum Gasteiger partial charge on any atom is -0.465 e. The molecule has 0 aromatic rings. The molecule has 1 fully saturated rings. The third-order valence-electron chi connectivity index (χ3n) is 1.50. The van der Waals surface area contributed by atoms with Crippen LogP contribution < -0.4 is 5.32 Å². The summed E-state index contributed by atoms with van der Waals surface area (Å²) in [6, 6.07) is 0. The first-order chi connectivity index (χ1) is 4.79. The summed E-state index contributed by atoms with van der Waals surface area (Å²) >= 11 is 0. The van der Waals surface area contributed by atoms with Gasteiger partial charge >= 0.3 is 6.09 Å². The standard InChI is InChI=1S/C6H11NO3/c8-6(9)7-4-5-2-1-3-10-5/h5,7H,1-4H2,(H,8,9)/t5-/m1/s1. The van der Waals surface area contributed by atoms with Crippen molar-refractivity contribution in [3.05, 3.63) is 0 Å². The van der Waals surface area contributed by atoms with Gasteiger partial charge in [0.25, 0.3) is 0 Å². The fourth-order valence-corrected chi connectivity index (χ4v) is 1.01. The Morgan fingerprint density at radius 2 is 2.60 bits per heavy atom. The van der Waals surface area contributed by atoms with E-state index in [1.54, 1.807) is 0 Å². The number of carbonyl (C=O) groups is 1. The molecular formula is C6H11NO3. The van der Waals surface area contributed by atoms with Crippen molar-refractivity contribution in [2.45, 2.75) is 18.9 Å². The highest BCUT2D eigenvalue weighted by molar-refractivity contribution is 5.64. The van der Waals surface area contributed by atoms with Gasteiger partial charge in [0.2, 0.25) is 0 Å². The van der Waals surface area contributed by atoms with Gasteiger partial charge in [-0.3, -0.25) is 0 Å². The second-order valence-electron chi connectivity index (χ2n) is 2.32. The lowest BCUT2D eigenvalue weighted by atomic mass is 10.2. The number of ether oxygens (including phenoxy) is 1. The van der Waals surface area contributed by atoms with E-state index in [0.717, 1.165) is 19.4 Å². The topological polar surface area (TPSA) is 58.6 Å². The maximum Gasteiger partial charge on any atom is 0.404 e. The van der Waals surface area contributed by atoms with Crippen molar-refractivity contribution < 1.29 is 14.6 Å². The molecule has 0 radical (unpaired) electrons. The van der Waals surface area contributed by atoms with Gasteiger partial charge in [0.15, 0.2) is 0 Å². The highest BCUT2D eigenvalue weighted by Crippen LogP contribution is 2.10. The molecule has 1 aliphatic rings. The number of rotatable bonds is 2. The molecule has 1 atom stereocenters. The highest BCUT2D eigenvalue weighted by Gasteiger charge is 2.15. The summed E-state index contributed by atoms with van der Waals surface area (Å²) in [6.07, 6.45) is 1.15. The maximum atomic E-state index is 9.99. The molecule has 58 valence electrons. The van der Waals surface area contributed by atoms with Gasteiger partial charge in [-0.1, -0.05) is 0 Å². The van der Waals surface area contributed by atoms with Gasteiger partial charge in [0.1, 0.15) is 0 Å². The molecule has 10 heavy (non-hydrogen) atoms. The number of hydrogen-bond donors (Lipinski definition) is 2. The van der Waals surface area contributed by atoms with Crippen LogP contribution in [0.3, 0.4) is 0 Å². The molecule has 0 bridgehead atoms. The SMILES string of the molecule is O=C(O)NC[C@H]1CCCO1. The summed E-state index contributed by atoms with van der Waals surface area (Å²) in [5.74, 6) is 0. The number of amides is 1. The minimum atomic E-state index is -0.976. The Balaban J connectivity index is 2.07. The fourth-order valence-electron chi connectivity index (χ4n) is 1.01. The average Bonchev–Trinajstić information content (AvgIpc) is 2.34. The quantitative estimate of drug-likeness (QED) is 0.592. The Hall–Kier alpha value is -0.770. The molecule has 0 spiro atoms. The molecule has 1 aliphatic heterocycles. The monoisotopic (exact) mass is 145 g/mol. The van der Waals surface area contributed by atoms with Crippen LogP contribution >= 0.6 is 0 Å². The van der Waals surface area contributed by atoms with Crippen molar-refractivity contribution in [1.82, 2.24) is 5.32 Å². The lowest BCUT2D eigenvalue weighted by Crippen LogP contribution is -2.30. The van der Waals surface area contributed by atoms with E-state index in [1.165, 1.54) is 0 Å². The van der Waals surface area contributed by atoms with Crippen LogP contribution in [0.2, 0.25) is 0 Å². The zero-order chi connectivity index (χ0) is 7.40. The van der Waals surface area contributed by atoms with Gasteiger partial charge in [0.05, 0.1) is 6.10 Å². The molecule has 4 nitrogen and oxygen atoms in total. The molecule has 1 amide bonds. The highest BCUT2D eigenvalue weighted by atomic mass is 16.5. The van der Waals surface area contributed by atoms with Crippen molar-refractivity contribution in [1.29, 1.82) is 0 Å². The van der Waals surface area contributed by atoms with Gasteiger partial charge in [-0.05, 0) is 12.8 Å². The predicted octanol–water partition coefficient (Wildman–Crippen LogP) is 0.433. The molecule has 0 aromatic heterocycles. The molecule has 4 heteroatoms. The summed E-state index contributed by atoms with van der Waals surface area (Å²) in [4.78, 5) is 9.99. The van der Waals surface area contributed by atoms with E-state index < -0.39 is 6.09 Å². The van der Waals surface area contributed by atoms with Crippen LogP contribution in [0.1, 0.15) is 12.8 Å². The van der Waals surface area contributed by atoms with Crippen LogP contribution in [0, 0.1) is 0 Å². The van der Waals surface area contributed by atoms with Gasteiger partial charge in [-0.15, -0.1) is 0 Å². The molecule has 1 heterocycles. The Bertz CT molecular complexity index is 120. The van der Waals surface area contributed by atoms with Crippen LogP contribution in [0.4, 0.5) is 4.79 Å². The van der Waals surface area contributed by atoms with Crippen molar-refractivity contribution in [3.63, 3.8) is 0 Å². The predicted molar refractivity (Wildman–Crippen MR) is 35.0 cm³/mol. The Labute approximate surface area is 59.2 Å². The Morgan fingerprint density at radius 3 is 3.10 bits per heavy atom. The smallest absolute Gasteiger partial charge is 0.404 e. The minimum absolute atomic E-state index is 0.107. The number of hydrogen-bond acceptors (Lipinski definition) is 2. The van der Waals surface area contributed by atoms with E-state index in [0.29, 0.717) is 6.54 Å². The third kappa shape index (κ3) is 2.23. The molecule has 0 aliphatic carbocycles. The van der Waals surface area contributed by atoms with E-state index in [1.807, 2.05) is 0 Å². The molecular weight excluding hydrogens is 134 g/mol. The summed E-state index contributed by atoms with van der Waals surface area (Å²) in [6.45, 7) is 1.20. The zero-order valence-electron chi connectivity index (χ0n) is 5.67.